The fourth-order valence-corrected chi connectivity index (χ4v) is 5.10. The van der Waals surface area contributed by atoms with E-state index in [9.17, 15) is 18.8 Å². The van der Waals surface area contributed by atoms with Crippen LogP contribution in [0.4, 0.5) is 10.1 Å². The summed E-state index contributed by atoms with van der Waals surface area (Å²) in [6, 6.07) is 10.8. The Morgan fingerprint density at radius 3 is 2.51 bits per heavy atom. The standard InChI is InChI=1S/C29H37FN6O3/c1-4-31-26(37)18-24-22-7-5-8-23(30)28(22)29(39)36(33-24)19-27(38)32-11-6-12-34-13-15-35(16-14-34)25-10-9-20(2)17-21(25)3/h5,7-10,17H,4,6,11-16,18-19H2,1-3H3,(H,31,37)(H,32,38). The maximum atomic E-state index is 14.6. The molecule has 0 saturated carbocycles. The second-order valence-corrected chi connectivity index (χ2v) is 10.0. The minimum atomic E-state index is -0.705. The Morgan fingerprint density at radius 2 is 1.79 bits per heavy atom. The van der Waals surface area contributed by atoms with E-state index in [1.807, 2.05) is 0 Å². The number of carbonyl (C=O) groups is 2. The highest BCUT2D eigenvalue weighted by atomic mass is 19.1. The van der Waals surface area contributed by atoms with Crippen LogP contribution in [0.2, 0.25) is 0 Å². The van der Waals surface area contributed by atoms with Gasteiger partial charge in [0, 0.05) is 50.3 Å². The van der Waals surface area contributed by atoms with Gasteiger partial charge in [0.25, 0.3) is 5.56 Å². The average molecular weight is 537 g/mol. The molecule has 9 nitrogen and oxygen atoms in total. The van der Waals surface area contributed by atoms with Crippen molar-refractivity contribution in [1.29, 1.82) is 0 Å². The number of likely N-dealkylation sites (N-methyl/N-ethyl adjacent to an activating group) is 1. The third-order valence-corrected chi connectivity index (χ3v) is 7.05. The van der Waals surface area contributed by atoms with Crippen LogP contribution in [0.5, 0.6) is 0 Å². The topological polar surface area (TPSA) is 99.6 Å². The molecule has 3 aromatic rings. The van der Waals surface area contributed by atoms with Crippen molar-refractivity contribution in [3.63, 3.8) is 0 Å². The fourth-order valence-electron chi connectivity index (χ4n) is 5.10. The van der Waals surface area contributed by atoms with Crippen LogP contribution in [-0.2, 0) is 22.6 Å². The van der Waals surface area contributed by atoms with Crippen molar-refractivity contribution in [1.82, 2.24) is 25.3 Å². The summed E-state index contributed by atoms with van der Waals surface area (Å²) in [6.07, 6.45) is 0.652. The van der Waals surface area contributed by atoms with Gasteiger partial charge in [0.2, 0.25) is 11.8 Å². The number of benzene rings is 2. The Kier molecular flexibility index (Phi) is 9.29. The fraction of sp³-hybridized carbons (Fsp3) is 0.448. The third kappa shape index (κ3) is 7.00. The van der Waals surface area contributed by atoms with Crippen LogP contribution in [0.25, 0.3) is 10.8 Å². The van der Waals surface area contributed by atoms with Gasteiger partial charge in [-0.1, -0.05) is 29.8 Å². The number of rotatable bonds is 10. The molecule has 0 unspecified atom stereocenters. The van der Waals surface area contributed by atoms with Crippen LogP contribution in [0.15, 0.2) is 41.2 Å². The van der Waals surface area contributed by atoms with Gasteiger partial charge in [-0.2, -0.15) is 5.10 Å². The number of aromatic nitrogens is 2. The largest absolute Gasteiger partial charge is 0.369 e. The first-order chi connectivity index (χ1) is 18.8. The molecule has 39 heavy (non-hydrogen) atoms. The molecule has 1 fully saturated rings. The summed E-state index contributed by atoms with van der Waals surface area (Å²) >= 11 is 0. The van der Waals surface area contributed by atoms with Crippen molar-refractivity contribution in [3.8, 4) is 0 Å². The number of hydrogen-bond acceptors (Lipinski definition) is 6. The van der Waals surface area contributed by atoms with Crippen molar-refractivity contribution in [3.05, 3.63) is 69.4 Å². The first-order valence-corrected chi connectivity index (χ1v) is 13.5. The van der Waals surface area contributed by atoms with Crippen molar-refractivity contribution < 1.29 is 14.0 Å². The lowest BCUT2D eigenvalue weighted by Crippen LogP contribution is -2.47. The first kappa shape index (κ1) is 28.2. The second-order valence-electron chi connectivity index (χ2n) is 10.0. The molecule has 0 bridgehead atoms. The van der Waals surface area contributed by atoms with E-state index >= 15 is 0 Å². The van der Waals surface area contributed by atoms with Crippen LogP contribution in [-0.4, -0.2) is 72.3 Å². The van der Waals surface area contributed by atoms with E-state index < -0.39 is 11.4 Å². The number of halogens is 1. The molecule has 10 heteroatoms. The quantitative estimate of drug-likeness (QED) is 0.386. The number of carbonyl (C=O) groups excluding carboxylic acids is 2. The summed E-state index contributed by atoms with van der Waals surface area (Å²) in [5.41, 5.74) is 3.41. The van der Waals surface area contributed by atoms with E-state index in [2.05, 4.69) is 57.6 Å². The van der Waals surface area contributed by atoms with E-state index in [1.54, 1.807) is 13.0 Å². The zero-order valence-electron chi connectivity index (χ0n) is 22.9. The number of aryl methyl sites for hydroxylation is 2. The minimum absolute atomic E-state index is 0.119. The lowest BCUT2D eigenvalue weighted by molar-refractivity contribution is -0.122. The highest BCUT2D eigenvalue weighted by Gasteiger charge is 2.19. The molecule has 2 aromatic carbocycles. The molecular formula is C29H37FN6O3. The molecule has 1 aliphatic rings. The molecule has 2 amide bonds. The van der Waals surface area contributed by atoms with E-state index in [-0.39, 0.29) is 41.2 Å². The number of nitrogens with one attached hydrogen (secondary N) is 2. The highest BCUT2D eigenvalue weighted by Crippen LogP contribution is 2.22. The summed E-state index contributed by atoms with van der Waals surface area (Å²) < 4.78 is 15.5. The van der Waals surface area contributed by atoms with Crippen molar-refractivity contribution >= 4 is 28.3 Å². The van der Waals surface area contributed by atoms with Gasteiger partial charge >= 0.3 is 0 Å². The summed E-state index contributed by atoms with van der Waals surface area (Å²) in [7, 11) is 0. The van der Waals surface area contributed by atoms with E-state index in [0.717, 1.165) is 43.8 Å². The van der Waals surface area contributed by atoms with E-state index in [0.29, 0.717) is 13.1 Å². The summed E-state index contributed by atoms with van der Waals surface area (Å²) in [4.78, 5) is 42.5. The Labute approximate surface area is 228 Å². The maximum Gasteiger partial charge on any atom is 0.278 e. The molecule has 2 N–H and O–H groups in total. The Hall–Kier alpha value is -3.79. The molecule has 4 rings (SSSR count). The lowest BCUT2D eigenvalue weighted by atomic mass is 10.1. The normalized spacial score (nSPS) is 14.0. The smallest absolute Gasteiger partial charge is 0.278 e. The maximum absolute atomic E-state index is 14.6. The summed E-state index contributed by atoms with van der Waals surface area (Å²) in [6.45, 7) is 11.3. The number of anilines is 1. The SMILES string of the molecule is CCNC(=O)Cc1nn(CC(=O)NCCCN2CCN(c3ccc(C)cc3C)CC2)c(=O)c2c(F)cccc12. The number of fused-ring (bicyclic) bond motifs is 1. The number of nitrogens with zero attached hydrogens (tertiary/aromatic N) is 4. The van der Waals surface area contributed by atoms with Gasteiger partial charge in [-0.05, 0) is 51.4 Å². The molecule has 1 aromatic heterocycles. The molecule has 208 valence electrons. The second kappa shape index (κ2) is 12.8. The van der Waals surface area contributed by atoms with E-state index in [1.165, 1.54) is 28.9 Å². The zero-order chi connectivity index (χ0) is 27.9. The van der Waals surface area contributed by atoms with Gasteiger partial charge in [0.15, 0.2) is 0 Å². The van der Waals surface area contributed by atoms with Crippen molar-refractivity contribution in [2.75, 3.05) is 50.7 Å². The lowest BCUT2D eigenvalue weighted by Gasteiger charge is -2.37. The molecule has 0 aliphatic carbocycles. The number of amides is 2. The van der Waals surface area contributed by atoms with Crippen molar-refractivity contribution in [2.45, 2.75) is 40.2 Å². The predicted molar refractivity (Wildman–Crippen MR) is 151 cm³/mol. The van der Waals surface area contributed by atoms with E-state index in [4.69, 9.17) is 0 Å². The van der Waals surface area contributed by atoms with Crippen LogP contribution in [0, 0.1) is 19.7 Å². The third-order valence-electron chi connectivity index (χ3n) is 7.05. The van der Waals surface area contributed by atoms with Gasteiger partial charge < -0.3 is 15.5 Å². The van der Waals surface area contributed by atoms with Gasteiger partial charge in [-0.15, -0.1) is 0 Å². The van der Waals surface area contributed by atoms with Crippen molar-refractivity contribution in [2.24, 2.45) is 0 Å². The average Bonchev–Trinajstić information content (AvgIpc) is 2.90. The summed E-state index contributed by atoms with van der Waals surface area (Å²) in [5, 5.41) is 9.88. The Balaban J connectivity index is 1.29. The van der Waals surface area contributed by atoms with Gasteiger partial charge in [-0.25, -0.2) is 9.07 Å². The van der Waals surface area contributed by atoms with Gasteiger partial charge in [0.05, 0.1) is 17.5 Å². The van der Waals surface area contributed by atoms with Crippen LogP contribution >= 0.6 is 0 Å². The first-order valence-electron chi connectivity index (χ1n) is 13.5. The Bertz CT molecular complexity index is 1400. The monoisotopic (exact) mass is 536 g/mol. The van der Waals surface area contributed by atoms with Gasteiger partial charge in [0.1, 0.15) is 12.4 Å². The van der Waals surface area contributed by atoms with Crippen LogP contribution < -0.4 is 21.1 Å². The zero-order valence-corrected chi connectivity index (χ0v) is 22.9. The highest BCUT2D eigenvalue weighted by molar-refractivity contribution is 5.89. The summed E-state index contributed by atoms with van der Waals surface area (Å²) in [5.74, 6) is -1.38. The predicted octanol–water partition coefficient (Wildman–Crippen LogP) is 2.16. The number of piperazine rings is 1. The number of hydrogen-bond donors (Lipinski definition) is 2. The molecular weight excluding hydrogens is 499 g/mol. The molecule has 0 spiro atoms. The van der Waals surface area contributed by atoms with Crippen LogP contribution in [0.1, 0.15) is 30.2 Å². The molecule has 1 saturated heterocycles. The molecule has 2 heterocycles. The molecule has 0 atom stereocenters. The molecule has 0 radical (unpaired) electrons. The minimum Gasteiger partial charge on any atom is -0.369 e. The van der Waals surface area contributed by atoms with Crippen LogP contribution in [0.3, 0.4) is 0 Å². The molecule has 1 aliphatic heterocycles. The van der Waals surface area contributed by atoms with Gasteiger partial charge in [-0.3, -0.25) is 19.3 Å². The Morgan fingerprint density at radius 1 is 1.03 bits per heavy atom.